The molecule has 128 valence electrons. The number of nitrogens with one attached hydrogen (secondary N) is 2. The fraction of sp³-hybridized carbons (Fsp3) is 0.444. The van der Waals surface area contributed by atoms with Crippen molar-refractivity contribution in [2.24, 2.45) is 0 Å². The third kappa shape index (κ3) is 4.47. The molecule has 0 aliphatic heterocycles. The van der Waals surface area contributed by atoms with Gasteiger partial charge in [0, 0.05) is 17.0 Å². The van der Waals surface area contributed by atoms with Crippen molar-refractivity contribution in [3.05, 3.63) is 34.7 Å². The van der Waals surface area contributed by atoms with Crippen molar-refractivity contribution in [2.45, 2.75) is 44.7 Å². The van der Waals surface area contributed by atoms with Crippen LogP contribution in [0, 0.1) is 0 Å². The quantitative estimate of drug-likeness (QED) is 0.862. The normalized spacial score (nSPS) is 15.0. The standard InChI is InChI=1S/C18H23N3O2S/c1-23-15-9-7-13(8-10-15)16-12-24-17(21-16)11-19-18(22)20-14-5-3-2-4-6-14/h7-10,12,14H,2-6,11H2,1H3,(H2,19,20,22). The fourth-order valence-electron chi connectivity index (χ4n) is 2.93. The van der Waals surface area contributed by atoms with Crippen molar-refractivity contribution in [3.8, 4) is 17.0 Å². The summed E-state index contributed by atoms with van der Waals surface area (Å²) >= 11 is 1.56. The molecule has 3 rings (SSSR count). The minimum atomic E-state index is -0.0944. The lowest BCUT2D eigenvalue weighted by atomic mass is 9.96. The number of carbonyl (C=O) groups is 1. The van der Waals surface area contributed by atoms with Gasteiger partial charge < -0.3 is 15.4 Å². The van der Waals surface area contributed by atoms with Gasteiger partial charge in [-0.15, -0.1) is 11.3 Å². The molecule has 5 nitrogen and oxygen atoms in total. The number of ether oxygens (including phenoxy) is 1. The second-order valence-electron chi connectivity index (χ2n) is 6.02. The van der Waals surface area contributed by atoms with Gasteiger partial charge >= 0.3 is 6.03 Å². The Kier molecular flexibility index (Phi) is 5.69. The number of urea groups is 1. The Morgan fingerprint density at radius 3 is 2.71 bits per heavy atom. The predicted molar refractivity (Wildman–Crippen MR) is 96.3 cm³/mol. The van der Waals surface area contributed by atoms with Gasteiger partial charge in [0.05, 0.1) is 19.3 Å². The van der Waals surface area contributed by atoms with Crippen LogP contribution in [0.15, 0.2) is 29.6 Å². The van der Waals surface area contributed by atoms with Crippen molar-refractivity contribution in [3.63, 3.8) is 0 Å². The molecule has 0 atom stereocenters. The summed E-state index contributed by atoms with van der Waals surface area (Å²) in [6.45, 7) is 0.458. The Morgan fingerprint density at radius 1 is 1.25 bits per heavy atom. The van der Waals surface area contributed by atoms with Crippen LogP contribution >= 0.6 is 11.3 Å². The molecule has 1 saturated carbocycles. The summed E-state index contributed by atoms with van der Waals surface area (Å²) in [5.74, 6) is 0.829. The van der Waals surface area contributed by atoms with Gasteiger partial charge in [-0.1, -0.05) is 19.3 Å². The molecule has 24 heavy (non-hydrogen) atoms. The van der Waals surface area contributed by atoms with Crippen LogP contribution in [0.2, 0.25) is 0 Å². The number of hydrogen-bond donors (Lipinski definition) is 2. The zero-order chi connectivity index (χ0) is 16.8. The minimum Gasteiger partial charge on any atom is -0.497 e. The highest BCUT2D eigenvalue weighted by atomic mass is 32.1. The molecular formula is C18H23N3O2S. The first kappa shape index (κ1) is 16.8. The van der Waals surface area contributed by atoms with Gasteiger partial charge in [-0.25, -0.2) is 9.78 Å². The number of aromatic nitrogens is 1. The van der Waals surface area contributed by atoms with E-state index in [0.717, 1.165) is 34.9 Å². The summed E-state index contributed by atoms with van der Waals surface area (Å²) in [6.07, 6.45) is 5.89. The molecular weight excluding hydrogens is 322 g/mol. The van der Waals surface area contributed by atoms with E-state index < -0.39 is 0 Å². The van der Waals surface area contributed by atoms with E-state index in [1.165, 1.54) is 19.3 Å². The summed E-state index contributed by atoms with van der Waals surface area (Å²) in [4.78, 5) is 16.6. The average molecular weight is 345 g/mol. The van der Waals surface area contributed by atoms with E-state index in [9.17, 15) is 4.79 Å². The summed E-state index contributed by atoms with van der Waals surface area (Å²) in [5, 5.41) is 8.87. The number of carbonyl (C=O) groups excluding carboxylic acids is 1. The van der Waals surface area contributed by atoms with Crippen LogP contribution in [-0.4, -0.2) is 24.2 Å². The highest BCUT2D eigenvalue weighted by Gasteiger charge is 2.15. The summed E-state index contributed by atoms with van der Waals surface area (Å²) in [6, 6.07) is 8.05. The summed E-state index contributed by atoms with van der Waals surface area (Å²) < 4.78 is 5.17. The Balaban J connectivity index is 1.50. The number of benzene rings is 1. The Hall–Kier alpha value is -2.08. The predicted octanol–water partition coefficient (Wildman–Crippen LogP) is 3.95. The second kappa shape index (κ2) is 8.15. The van der Waals surface area contributed by atoms with Crippen molar-refractivity contribution in [1.29, 1.82) is 0 Å². The van der Waals surface area contributed by atoms with Crippen molar-refractivity contribution in [2.75, 3.05) is 7.11 Å². The van der Waals surface area contributed by atoms with Crippen molar-refractivity contribution < 1.29 is 9.53 Å². The Labute approximate surface area is 146 Å². The van der Waals surface area contributed by atoms with Gasteiger partial charge in [0.1, 0.15) is 10.8 Å². The lowest BCUT2D eigenvalue weighted by Gasteiger charge is -2.22. The highest BCUT2D eigenvalue weighted by molar-refractivity contribution is 7.09. The third-order valence-corrected chi connectivity index (χ3v) is 5.13. The SMILES string of the molecule is COc1ccc(-c2csc(CNC(=O)NC3CCCCC3)n2)cc1. The number of methoxy groups -OCH3 is 1. The van der Waals surface area contributed by atoms with Crippen LogP contribution < -0.4 is 15.4 Å². The molecule has 1 heterocycles. The van der Waals surface area contributed by atoms with Gasteiger partial charge in [0.2, 0.25) is 0 Å². The van der Waals surface area contributed by atoms with E-state index in [0.29, 0.717) is 12.6 Å². The maximum Gasteiger partial charge on any atom is 0.315 e. The second-order valence-corrected chi connectivity index (χ2v) is 6.96. The van der Waals surface area contributed by atoms with Gasteiger partial charge in [-0.3, -0.25) is 0 Å². The summed E-state index contributed by atoms with van der Waals surface area (Å²) in [5.41, 5.74) is 1.97. The molecule has 1 fully saturated rings. The maximum atomic E-state index is 12.0. The number of thiazole rings is 1. The van der Waals surface area contributed by atoms with E-state index >= 15 is 0 Å². The van der Waals surface area contributed by atoms with Crippen molar-refractivity contribution in [1.82, 2.24) is 15.6 Å². The molecule has 0 bridgehead atoms. The Bertz CT molecular complexity index is 663. The van der Waals surface area contributed by atoms with E-state index in [1.807, 2.05) is 29.6 Å². The minimum absolute atomic E-state index is 0.0944. The monoisotopic (exact) mass is 345 g/mol. The zero-order valence-electron chi connectivity index (χ0n) is 13.9. The number of hydrogen-bond acceptors (Lipinski definition) is 4. The van der Waals surface area contributed by atoms with Gasteiger partial charge in [0.15, 0.2) is 0 Å². The third-order valence-electron chi connectivity index (χ3n) is 4.28. The van der Waals surface area contributed by atoms with Crippen molar-refractivity contribution >= 4 is 17.4 Å². The first-order chi connectivity index (χ1) is 11.7. The molecule has 0 saturated heterocycles. The summed E-state index contributed by atoms with van der Waals surface area (Å²) in [7, 11) is 1.65. The smallest absolute Gasteiger partial charge is 0.315 e. The molecule has 1 aliphatic carbocycles. The maximum absolute atomic E-state index is 12.0. The van der Waals surface area contributed by atoms with E-state index in [2.05, 4.69) is 15.6 Å². The first-order valence-electron chi connectivity index (χ1n) is 8.38. The molecule has 0 unspecified atom stereocenters. The lowest BCUT2D eigenvalue weighted by Crippen LogP contribution is -2.42. The number of nitrogens with zero attached hydrogens (tertiary/aromatic N) is 1. The molecule has 1 aromatic heterocycles. The van der Waals surface area contributed by atoms with Gasteiger partial charge in [0.25, 0.3) is 0 Å². The van der Waals surface area contributed by atoms with Crippen LogP contribution in [0.5, 0.6) is 5.75 Å². The fourth-order valence-corrected chi connectivity index (χ4v) is 3.67. The van der Waals surface area contributed by atoms with Gasteiger partial charge in [-0.2, -0.15) is 0 Å². The molecule has 0 spiro atoms. The van der Waals surface area contributed by atoms with Crippen LogP contribution in [0.1, 0.15) is 37.1 Å². The van der Waals surface area contributed by atoms with E-state index in [4.69, 9.17) is 4.74 Å². The largest absolute Gasteiger partial charge is 0.497 e. The molecule has 2 amide bonds. The van der Waals surface area contributed by atoms with Crippen LogP contribution in [0.3, 0.4) is 0 Å². The molecule has 6 heteroatoms. The average Bonchev–Trinajstić information content (AvgIpc) is 3.10. The van der Waals surface area contributed by atoms with Crippen LogP contribution in [-0.2, 0) is 6.54 Å². The molecule has 1 aromatic carbocycles. The lowest BCUT2D eigenvalue weighted by molar-refractivity contribution is 0.232. The first-order valence-corrected chi connectivity index (χ1v) is 9.26. The number of rotatable bonds is 5. The highest BCUT2D eigenvalue weighted by Crippen LogP contribution is 2.24. The van der Waals surface area contributed by atoms with E-state index in [1.54, 1.807) is 18.4 Å². The zero-order valence-corrected chi connectivity index (χ0v) is 14.7. The molecule has 1 aliphatic rings. The topological polar surface area (TPSA) is 63.2 Å². The van der Waals surface area contributed by atoms with Crippen LogP contribution in [0.25, 0.3) is 11.3 Å². The molecule has 2 N–H and O–H groups in total. The molecule has 0 radical (unpaired) electrons. The number of amides is 2. The van der Waals surface area contributed by atoms with E-state index in [-0.39, 0.29) is 6.03 Å². The molecule has 2 aromatic rings. The Morgan fingerprint density at radius 2 is 2.00 bits per heavy atom. The van der Waals surface area contributed by atoms with Gasteiger partial charge in [-0.05, 0) is 37.1 Å². The van der Waals surface area contributed by atoms with Crippen LogP contribution in [0.4, 0.5) is 4.79 Å².